The van der Waals surface area contributed by atoms with E-state index in [4.69, 9.17) is 11.6 Å². The number of nitrogens with one attached hydrogen (secondary N) is 1. The Hall–Kier alpha value is -2.88. The van der Waals surface area contributed by atoms with Crippen LogP contribution in [0, 0.1) is 6.92 Å². The van der Waals surface area contributed by atoms with Gasteiger partial charge in [0.25, 0.3) is 0 Å². The van der Waals surface area contributed by atoms with Crippen molar-refractivity contribution >= 4 is 55.1 Å². The highest BCUT2D eigenvalue weighted by Gasteiger charge is 2.33. The van der Waals surface area contributed by atoms with Gasteiger partial charge < -0.3 is 10.2 Å². The van der Waals surface area contributed by atoms with E-state index in [9.17, 15) is 18.0 Å². The van der Waals surface area contributed by atoms with Gasteiger partial charge >= 0.3 is 0 Å². The van der Waals surface area contributed by atoms with Crippen molar-refractivity contribution in [3.8, 4) is 0 Å². The van der Waals surface area contributed by atoms with E-state index >= 15 is 0 Å². The van der Waals surface area contributed by atoms with E-state index in [2.05, 4.69) is 21.2 Å². The molecule has 0 spiro atoms. The lowest BCUT2D eigenvalue weighted by Crippen LogP contribution is -2.53. The van der Waals surface area contributed by atoms with E-state index in [1.165, 1.54) is 4.90 Å². The van der Waals surface area contributed by atoms with E-state index in [1.54, 1.807) is 36.4 Å². The number of hydrogen-bond donors (Lipinski definition) is 1. The predicted octanol–water partition coefficient (Wildman–Crippen LogP) is 5.73. The molecule has 214 valence electrons. The summed E-state index contributed by atoms with van der Waals surface area (Å²) in [5, 5.41) is 3.47. The van der Waals surface area contributed by atoms with Gasteiger partial charge in [-0.15, -0.1) is 0 Å². The van der Waals surface area contributed by atoms with Crippen molar-refractivity contribution < 1.29 is 18.0 Å². The quantitative estimate of drug-likeness (QED) is 0.240. The molecular formula is C30H35BrClN3O4S. The molecule has 2 amide bonds. The van der Waals surface area contributed by atoms with Crippen LogP contribution in [0.5, 0.6) is 0 Å². The number of unbranched alkanes of at least 4 members (excludes halogenated alkanes) is 1. The van der Waals surface area contributed by atoms with Crippen LogP contribution in [0.3, 0.4) is 0 Å². The maximum absolute atomic E-state index is 14.1. The average molecular weight is 649 g/mol. The molecule has 1 N–H and O–H groups in total. The van der Waals surface area contributed by atoms with Crippen LogP contribution >= 0.6 is 27.5 Å². The van der Waals surface area contributed by atoms with E-state index in [0.717, 1.165) is 44.6 Å². The van der Waals surface area contributed by atoms with Crippen molar-refractivity contribution in [1.29, 1.82) is 0 Å². The van der Waals surface area contributed by atoms with Crippen molar-refractivity contribution in [3.63, 3.8) is 0 Å². The minimum Gasteiger partial charge on any atom is -0.354 e. The van der Waals surface area contributed by atoms with Crippen LogP contribution in [-0.4, -0.2) is 50.5 Å². The molecule has 3 aromatic carbocycles. The molecule has 0 unspecified atom stereocenters. The fourth-order valence-corrected chi connectivity index (χ4v) is 5.59. The molecule has 0 aromatic heterocycles. The smallest absolute Gasteiger partial charge is 0.244 e. The van der Waals surface area contributed by atoms with Gasteiger partial charge in [0.1, 0.15) is 12.6 Å². The molecule has 0 aliphatic carbocycles. The highest BCUT2D eigenvalue weighted by Crippen LogP contribution is 2.25. The molecule has 0 aliphatic rings. The Bertz CT molecular complexity index is 1420. The third-order valence-corrected chi connectivity index (χ3v) is 8.72. The van der Waals surface area contributed by atoms with Crippen LogP contribution in [0.4, 0.5) is 5.69 Å². The number of carbonyl (C=O) groups excluding carboxylic acids is 2. The number of sulfonamides is 1. The zero-order valence-corrected chi connectivity index (χ0v) is 26.1. The van der Waals surface area contributed by atoms with E-state index in [0.29, 0.717) is 17.3 Å². The van der Waals surface area contributed by atoms with Gasteiger partial charge in [-0.25, -0.2) is 8.42 Å². The summed E-state index contributed by atoms with van der Waals surface area (Å²) in [6.07, 6.45) is 3.04. The highest BCUT2D eigenvalue weighted by atomic mass is 79.9. The SMILES string of the molecule is CCCCNC(=O)[C@H](Cc1ccccc1)N(Cc1cccc(Cl)c1)C(=O)CN(c1ccc(Br)c(C)c1)S(C)(=O)=O. The molecule has 0 radical (unpaired) electrons. The fourth-order valence-electron chi connectivity index (χ4n) is 4.29. The molecule has 7 nitrogen and oxygen atoms in total. The summed E-state index contributed by atoms with van der Waals surface area (Å²) in [5.74, 6) is -0.796. The van der Waals surface area contributed by atoms with Gasteiger partial charge in [-0.3, -0.25) is 13.9 Å². The zero-order valence-electron chi connectivity index (χ0n) is 22.9. The Morgan fingerprint density at radius 2 is 1.70 bits per heavy atom. The second kappa shape index (κ2) is 14.7. The van der Waals surface area contributed by atoms with Crippen LogP contribution in [-0.2, 0) is 32.6 Å². The Morgan fingerprint density at radius 1 is 1.00 bits per heavy atom. The van der Waals surface area contributed by atoms with Crippen LogP contribution in [0.2, 0.25) is 5.02 Å². The fraction of sp³-hybridized carbons (Fsp3) is 0.333. The maximum Gasteiger partial charge on any atom is 0.244 e. The van der Waals surface area contributed by atoms with E-state index in [1.807, 2.05) is 50.2 Å². The number of nitrogens with zero attached hydrogens (tertiary/aromatic N) is 2. The lowest BCUT2D eigenvalue weighted by atomic mass is 10.0. The third-order valence-electron chi connectivity index (χ3n) is 6.45. The zero-order chi connectivity index (χ0) is 29.3. The molecule has 40 heavy (non-hydrogen) atoms. The lowest BCUT2D eigenvalue weighted by molar-refractivity contribution is -0.140. The minimum absolute atomic E-state index is 0.0784. The molecule has 3 rings (SSSR count). The third kappa shape index (κ3) is 9.08. The summed E-state index contributed by atoms with van der Waals surface area (Å²) in [4.78, 5) is 29.1. The number of amides is 2. The molecule has 0 fully saturated rings. The Morgan fingerprint density at radius 3 is 2.33 bits per heavy atom. The van der Waals surface area contributed by atoms with Gasteiger partial charge in [0.2, 0.25) is 21.8 Å². The van der Waals surface area contributed by atoms with Gasteiger partial charge in [-0.2, -0.15) is 0 Å². The Balaban J connectivity index is 2.04. The number of benzene rings is 3. The van der Waals surface area contributed by atoms with Crippen molar-refractivity contribution in [2.45, 2.75) is 45.7 Å². The molecule has 0 bridgehead atoms. The van der Waals surface area contributed by atoms with E-state index in [-0.39, 0.29) is 18.9 Å². The molecule has 0 heterocycles. The first kappa shape index (κ1) is 31.6. The molecule has 0 saturated heterocycles. The largest absolute Gasteiger partial charge is 0.354 e. The molecule has 1 atom stereocenters. The number of aryl methyl sites for hydroxylation is 1. The van der Waals surface area contributed by atoms with Gasteiger partial charge in [-0.1, -0.05) is 83.3 Å². The second-order valence-corrected chi connectivity index (χ2v) is 12.9. The first-order chi connectivity index (χ1) is 19.0. The molecule has 0 saturated carbocycles. The summed E-state index contributed by atoms with van der Waals surface area (Å²) in [5.41, 5.74) is 2.80. The predicted molar refractivity (Wildman–Crippen MR) is 165 cm³/mol. The number of carbonyl (C=O) groups is 2. The molecule has 0 aliphatic heterocycles. The number of halogens is 2. The van der Waals surface area contributed by atoms with Crippen LogP contribution in [0.25, 0.3) is 0 Å². The van der Waals surface area contributed by atoms with Gasteiger partial charge in [-0.05, 0) is 60.4 Å². The van der Waals surface area contributed by atoms with Crippen molar-refractivity contribution in [2.24, 2.45) is 0 Å². The monoisotopic (exact) mass is 647 g/mol. The Labute approximate surface area is 250 Å². The number of anilines is 1. The van der Waals surface area contributed by atoms with Gasteiger partial charge in [0, 0.05) is 29.0 Å². The van der Waals surface area contributed by atoms with Gasteiger partial charge in [0.05, 0.1) is 11.9 Å². The first-order valence-corrected chi connectivity index (χ1v) is 16.1. The van der Waals surface area contributed by atoms with Crippen molar-refractivity contribution in [1.82, 2.24) is 10.2 Å². The summed E-state index contributed by atoms with van der Waals surface area (Å²) >= 11 is 9.68. The summed E-state index contributed by atoms with van der Waals surface area (Å²) < 4.78 is 27.7. The Kier molecular flexibility index (Phi) is 11.6. The van der Waals surface area contributed by atoms with Crippen LogP contribution in [0.1, 0.15) is 36.5 Å². The standard InChI is InChI=1S/C30H35BrClN3O4S/c1-4-5-16-33-30(37)28(19-23-10-7-6-8-11-23)34(20-24-12-9-13-25(32)18-24)29(36)21-35(40(3,38)39)26-14-15-27(31)22(2)17-26/h6-15,17-18,28H,4-5,16,19-21H2,1-3H3,(H,33,37)/t28-/m0/s1. The van der Waals surface area contributed by atoms with Crippen LogP contribution < -0.4 is 9.62 Å². The number of hydrogen-bond acceptors (Lipinski definition) is 4. The molecule has 3 aromatic rings. The first-order valence-electron chi connectivity index (χ1n) is 13.1. The second-order valence-electron chi connectivity index (χ2n) is 9.70. The lowest BCUT2D eigenvalue weighted by Gasteiger charge is -2.33. The minimum atomic E-state index is -3.83. The highest BCUT2D eigenvalue weighted by molar-refractivity contribution is 9.10. The number of rotatable bonds is 13. The topological polar surface area (TPSA) is 86.8 Å². The van der Waals surface area contributed by atoms with Crippen LogP contribution in [0.15, 0.2) is 77.3 Å². The maximum atomic E-state index is 14.1. The molecule has 10 heteroatoms. The normalized spacial score (nSPS) is 12.0. The van der Waals surface area contributed by atoms with Crippen molar-refractivity contribution in [2.75, 3.05) is 23.7 Å². The van der Waals surface area contributed by atoms with E-state index < -0.39 is 28.5 Å². The summed E-state index contributed by atoms with van der Waals surface area (Å²) in [6.45, 7) is 3.97. The van der Waals surface area contributed by atoms with Crippen molar-refractivity contribution in [3.05, 3.63) is 99.0 Å². The van der Waals surface area contributed by atoms with Gasteiger partial charge in [0.15, 0.2) is 0 Å². The average Bonchev–Trinajstić information content (AvgIpc) is 2.91. The molecular weight excluding hydrogens is 614 g/mol. The summed E-state index contributed by atoms with van der Waals surface area (Å²) in [6, 6.07) is 20.8. The summed E-state index contributed by atoms with van der Waals surface area (Å²) in [7, 11) is -3.83.